The Morgan fingerprint density at radius 2 is 1.89 bits per heavy atom. The van der Waals surface area contributed by atoms with E-state index in [0.717, 1.165) is 16.1 Å². The molecule has 0 bridgehead atoms. The van der Waals surface area contributed by atoms with Crippen molar-refractivity contribution < 1.29 is 14.4 Å². The second-order valence-electron chi connectivity index (χ2n) is 6.44. The average molecular weight is 392 g/mol. The number of rotatable bonds is 5. The van der Waals surface area contributed by atoms with E-state index in [0.29, 0.717) is 17.8 Å². The van der Waals surface area contributed by atoms with Crippen molar-refractivity contribution >= 4 is 34.9 Å². The van der Waals surface area contributed by atoms with Crippen LogP contribution in [0.15, 0.2) is 54.2 Å². The van der Waals surface area contributed by atoms with Crippen LogP contribution >= 0.6 is 11.3 Å². The van der Waals surface area contributed by atoms with Crippen LogP contribution in [0.1, 0.15) is 22.3 Å². The van der Waals surface area contributed by atoms with E-state index in [9.17, 15) is 14.4 Å². The fourth-order valence-corrected chi connectivity index (χ4v) is 3.75. The van der Waals surface area contributed by atoms with Crippen LogP contribution in [-0.4, -0.2) is 27.7 Å². The summed E-state index contributed by atoms with van der Waals surface area (Å²) < 4.78 is 0. The van der Waals surface area contributed by atoms with Crippen molar-refractivity contribution in [2.75, 3.05) is 5.32 Å². The standard InChI is InChI=1S/C20H16N4O3S/c25-17-10-15(19(27)24-17)9-12-1-3-13(4-2-12)18(26)22-16-11-28-20(23-16)14-5-7-21-8-6-14/h1-8,11,15H,9-10H2,(H,22,26)(H,24,25,27). The fraction of sp³-hybridized carbons (Fsp3) is 0.150. The summed E-state index contributed by atoms with van der Waals surface area (Å²) in [7, 11) is 0. The van der Waals surface area contributed by atoms with Crippen molar-refractivity contribution in [1.82, 2.24) is 15.3 Å². The molecule has 0 spiro atoms. The van der Waals surface area contributed by atoms with Gasteiger partial charge < -0.3 is 5.32 Å². The number of anilines is 1. The summed E-state index contributed by atoms with van der Waals surface area (Å²) in [6, 6.07) is 10.7. The molecule has 1 atom stereocenters. The molecule has 0 radical (unpaired) electrons. The summed E-state index contributed by atoms with van der Waals surface area (Å²) in [6.45, 7) is 0. The molecule has 28 heavy (non-hydrogen) atoms. The van der Waals surface area contributed by atoms with Crippen LogP contribution in [0.2, 0.25) is 0 Å². The number of thiazole rings is 1. The van der Waals surface area contributed by atoms with Crippen molar-refractivity contribution in [1.29, 1.82) is 0 Å². The topological polar surface area (TPSA) is 101 Å². The largest absolute Gasteiger partial charge is 0.306 e. The molecule has 1 aliphatic rings. The number of benzene rings is 1. The van der Waals surface area contributed by atoms with E-state index in [-0.39, 0.29) is 30.1 Å². The number of hydrogen-bond acceptors (Lipinski definition) is 6. The van der Waals surface area contributed by atoms with E-state index < -0.39 is 0 Å². The van der Waals surface area contributed by atoms with Gasteiger partial charge in [0.2, 0.25) is 11.8 Å². The van der Waals surface area contributed by atoms with Crippen LogP contribution in [-0.2, 0) is 16.0 Å². The van der Waals surface area contributed by atoms with E-state index in [1.165, 1.54) is 11.3 Å². The van der Waals surface area contributed by atoms with Gasteiger partial charge in [-0.05, 0) is 36.2 Å². The Bertz CT molecular complexity index is 1030. The zero-order valence-electron chi connectivity index (χ0n) is 14.7. The third-order valence-electron chi connectivity index (χ3n) is 4.44. The Morgan fingerprint density at radius 3 is 2.57 bits per heavy atom. The van der Waals surface area contributed by atoms with Gasteiger partial charge in [-0.3, -0.25) is 24.7 Å². The third-order valence-corrected chi connectivity index (χ3v) is 5.33. The highest BCUT2D eigenvalue weighted by atomic mass is 32.1. The normalized spacial score (nSPS) is 16.1. The molecule has 1 unspecified atom stereocenters. The second kappa shape index (κ2) is 7.69. The summed E-state index contributed by atoms with van der Waals surface area (Å²) >= 11 is 1.44. The van der Waals surface area contributed by atoms with E-state index in [1.54, 1.807) is 42.0 Å². The molecule has 4 rings (SSSR count). The number of pyridine rings is 1. The maximum atomic E-state index is 12.4. The van der Waals surface area contributed by atoms with Crippen molar-refractivity contribution in [2.24, 2.45) is 5.92 Å². The highest BCUT2D eigenvalue weighted by Gasteiger charge is 2.30. The SMILES string of the molecule is O=C1CC(Cc2ccc(C(=O)Nc3csc(-c4ccncc4)n3)cc2)C(=O)N1. The van der Waals surface area contributed by atoms with Gasteiger partial charge in [0.15, 0.2) is 0 Å². The molecule has 1 aliphatic heterocycles. The van der Waals surface area contributed by atoms with Gasteiger partial charge in [-0.15, -0.1) is 11.3 Å². The molecule has 7 nitrogen and oxygen atoms in total. The molecule has 8 heteroatoms. The Kier molecular flexibility index (Phi) is 4.94. The average Bonchev–Trinajstić information content (AvgIpc) is 3.29. The summed E-state index contributed by atoms with van der Waals surface area (Å²) in [5, 5.41) is 7.69. The molecule has 3 amide bonds. The number of carbonyl (C=O) groups is 3. The van der Waals surface area contributed by atoms with E-state index >= 15 is 0 Å². The lowest BCUT2D eigenvalue weighted by Crippen LogP contribution is -2.22. The van der Waals surface area contributed by atoms with Gasteiger partial charge >= 0.3 is 0 Å². The monoisotopic (exact) mass is 392 g/mol. The number of nitrogens with zero attached hydrogens (tertiary/aromatic N) is 2. The predicted octanol–water partition coefficient (Wildman–Crippen LogP) is 2.66. The first-order chi connectivity index (χ1) is 13.6. The van der Waals surface area contributed by atoms with Gasteiger partial charge in [0.1, 0.15) is 10.8 Å². The Balaban J connectivity index is 1.39. The first-order valence-corrected chi connectivity index (χ1v) is 9.56. The minimum absolute atomic E-state index is 0.213. The van der Waals surface area contributed by atoms with Crippen LogP contribution < -0.4 is 10.6 Å². The molecule has 0 aliphatic carbocycles. The minimum atomic E-state index is -0.339. The van der Waals surface area contributed by atoms with Crippen molar-refractivity contribution in [3.63, 3.8) is 0 Å². The van der Waals surface area contributed by atoms with Crippen molar-refractivity contribution in [3.05, 3.63) is 65.3 Å². The smallest absolute Gasteiger partial charge is 0.256 e. The molecular formula is C20H16N4O3S. The molecule has 2 N–H and O–H groups in total. The second-order valence-corrected chi connectivity index (χ2v) is 7.30. The minimum Gasteiger partial charge on any atom is -0.306 e. The number of nitrogens with one attached hydrogen (secondary N) is 2. The van der Waals surface area contributed by atoms with Crippen LogP contribution in [0.25, 0.3) is 10.6 Å². The van der Waals surface area contributed by atoms with Crippen LogP contribution in [0.3, 0.4) is 0 Å². The molecular weight excluding hydrogens is 376 g/mol. The molecule has 1 fully saturated rings. The number of carbonyl (C=O) groups excluding carboxylic acids is 3. The Hall–Kier alpha value is -3.39. The van der Waals surface area contributed by atoms with E-state index in [4.69, 9.17) is 0 Å². The highest BCUT2D eigenvalue weighted by Crippen LogP contribution is 2.25. The van der Waals surface area contributed by atoms with Crippen LogP contribution in [0.5, 0.6) is 0 Å². The first kappa shape index (κ1) is 18.0. The van der Waals surface area contributed by atoms with E-state index in [1.807, 2.05) is 12.1 Å². The molecule has 140 valence electrons. The summed E-state index contributed by atoms with van der Waals surface area (Å²) in [5.74, 6) is -0.575. The Morgan fingerprint density at radius 1 is 1.14 bits per heavy atom. The summed E-state index contributed by atoms with van der Waals surface area (Å²) in [6.07, 6.45) is 4.08. The lowest BCUT2D eigenvalue weighted by Gasteiger charge is -2.07. The van der Waals surface area contributed by atoms with Gasteiger partial charge in [-0.1, -0.05) is 12.1 Å². The zero-order chi connectivity index (χ0) is 19.5. The zero-order valence-corrected chi connectivity index (χ0v) is 15.5. The van der Waals surface area contributed by atoms with Gasteiger partial charge in [-0.2, -0.15) is 0 Å². The summed E-state index contributed by atoms with van der Waals surface area (Å²) in [4.78, 5) is 43.8. The van der Waals surface area contributed by atoms with Crippen LogP contribution in [0, 0.1) is 5.92 Å². The first-order valence-electron chi connectivity index (χ1n) is 8.68. The van der Waals surface area contributed by atoms with Gasteiger partial charge in [0.05, 0.1) is 5.92 Å². The van der Waals surface area contributed by atoms with Crippen LogP contribution in [0.4, 0.5) is 5.82 Å². The molecule has 0 saturated carbocycles. The maximum absolute atomic E-state index is 12.4. The summed E-state index contributed by atoms with van der Waals surface area (Å²) in [5.41, 5.74) is 2.34. The van der Waals surface area contributed by atoms with Crippen molar-refractivity contribution in [3.8, 4) is 10.6 Å². The van der Waals surface area contributed by atoms with E-state index in [2.05, 4.69) is 20.6 Å². The molecule has 3 aromatic rings. The maximum Gasteiger partial charge on any atom is 0.256 e. The lowest BCUT2D eigenvalue weighted by atomic mass is 9.97. The quantitative estimate of drug-likeness (QED) is 0.650. The Labute approximate surface area is 164 Å². The molecule has 1 saturated heterocycles. The number of amides is 3. The van der Waals surface area contributed by atoms with Gasteiger partial charge in [-0.25, -0.2) is 4.98 Å². The molecule has 2 aromatic heterocycles. The predicted molar refractivity (Wildman–Crippen MR) is 105 cm³/mol. The molecule has 1 aromatic carbocycles. The fourth-order valence-electron chi connectivity index (χ4n) is 3.00. The highest BCUT2D eigenvalue weighted by molar-refractivity contribution is 7.13. The number of aromatic nitrogens is 2. The van der Waals surface area contributed by atoms with Crippen molar-refractivity contribution in [2.45, 2.75) is 12.8 Å². The van der Waals surface area contributed by atoms with Gasteiger partial charge in [0.25, 0.3) is 5.91 Å². The third kappa shape index (κ3) is 3.96. The lowest BCUT2D eigenvalue weighted by molar-refractivity contribution is -0.125. The number of imide groups is 1. The van der Waals surface area contributed by atoms with Gasteiger partial charge in [0, 0.05) is 35.3 Å². The number of hydrogen-bond donors (Lipinski definition) is 2. The molecule has 3 heterocycles.